The van der Waals surface area contributed by atoms with Crippen molar-refractivity contribution in [3.8, 4) is 23.8 Å². The van der Waals surface area contributed by atoms with Crippen LogP contribution in [0.15, 0.2) is 52.4 Å². The van der Waals surface area contributed by atoms with Crippen LogP contribution in [0, 0.1) is 18.2 Å². The molecule has 4 rings (SSSR count). The molecule has 1 aliphatic rings. The van der Waals surface area contributed by atoms with Gasteiger partial charge in [-0.2, -0.15) is 0 Å². The minimum atomic E-state index is -0.522. The number of aromatic nitrogens is 2. The predicted octanol–water partition coefficient (Wildman–Crippen LogP) is 3.70. The highest BCUT2D eigenvalue weighted by atomic mass is 32.2. The van der Waals surface area contributed by atoms with Crippen molar-refractivity contribution in [3.63, 3.8) is 0 Å². The number of aromatic amines is 1. The van der Waals surface area contributed by atoms with Gasteiger partial charge >= 0.3 is 0 Å². The minimum Gasteiger partial charge on any atom is -0.493 e. The molecule has 9 heteroatoms. The van der Waals surface area contributed by atoms with E-state index in [0.29, 0.717) is 33.3 Å². The van der Waals surface area contributed by atoms with Crippen LogP contribution in [0.2, 0.25) is 0 Å². The van der Waals surface area contributed by atoms with Gasteiger partial charge in [0.05, 0.1) is 12.7 Å². The van der Waals surface area contributed by atoms with Crippen molar-refractivity contribution < 1.29 is 18.7 Å². The number of terminal acetylenes is 1. The lowest BCUT2D eigenvalue weighted by Crippen LogP contribution is -2.31. The zero-order valence-electron chi connectivity index (χ0n) is 17.7. The molecular weight excluding hydrogens is 445 g/mol. The number of nitrogens with one attached hydrogen (secondary N) is 2. The standard InChI is InChI=1S/C24H20FN3O4S/c1-3-10-32-18-9-8-14(11-19(18)31-2)16-12-20(29)26-22-21(16)23(30)28-24(27-22)33-13-15-6-4-5-7-17(15)25/h1,4-9,11,16H,10,12-13H2,2H3,(H2,26,27,28,29,30)/t16-/m0/s1. The van der Waals surface area contributed by atoms with Crippen LogP contribution < -0.4 is 20.3 Å². The maximum atomic E-state index is 13.9. The van der Waals surface area contributed by atoms with Crippen molar-refractivity contribution in [1.82, 2.24) is 9.97 Å². The third-order valence-electron chi connectivity index (χ3n) is 5.15. The summed E-state index contributed by atoms with van der Waals surface area (Å²) in [6.45, 7) is 0.0846. The van der Waals surface area contributed by atoms with Crippen molar-refractivity contribution in [2.75, 3.05) is 19.0 Å². The second kappa shape index (κ2) is 9.79. The van der Waals surface area contributed by atoms with Gasteiger partial charge in [-0.15, -0.1) is 6.42 Å². The number of anilines is 1. The predicted molar refractivity (Wildman–Crippen MR) is 123 cm³/mol. The molecule has 0 saturated carbocycles. The highest BCUT2D eigenvalue weighted by Crippen LogP contribution is 2.38. The van der Waals surface area contributed by atoms with Gasteiger partial charge in [-0.25, -0.2) is 9.37 Å². The van der Waals surface area contributed by atoms with E-state index in [2.05, 4.69) is 21.2 Å². The van der Waals surface area contributed by atoms with Crippen LogP contribution in [0.5, 0.6) is 11.5 Å². The number of hydrogen-bond acceptors (Lipinski definition) is 6. The lowest BCUT2D eigenvalue weighted by atomic mass is 9.86. The van der Waals surface area contributed by atoms with E-state index < -0.39 is 5.92 Å². The molecule has 2 N–H and O–H groups in total. The molecule has 0 bridgehead atoms. The number of ether oxygens (including phenoxy) is 2. The lowest BCUT2D eigenvalue weighted by molar-refractivity contribution is -0.116. The molecule has 33 heavy (non-hydrogen) atoms. The Morgan fingerprint density at radius 1 is 1.24 bits per heavy atom. The Morgan fingerprint density at radius 2 is 2.06 bits per heavy atom. The molecule has 7 nitrogen and oxygen atoms in total. The quantitative estimate of drug-likeness (QED) is 0.314. The van der Waals surface area contributed by atoms with Gasteiger partial charge in [-0.1, -0.05) is 41.9 Å². The number of amides is 1. The highest BCUT2D eigenvalue weighted by Gasteiger charge is 2.31. The SMILES string of the molecule is C#CCOc1ccc([C@@H]2CC(=O)Nc3nc(SCc4ccccc4F)[nH]c(=O)c32)cc1OC. The molecular formula is C24H20FN3O4S. The zero-order chi connectivity index (χ0) is 23.4. The van der Waals surface area contributed by atoms with Crippen LogP contribution in [0.4, 0.5) is 10.2 Å². The lowest BCUT2D eigenvalue weighted by Gasteiger charge is -2.25. The molecule has 2 heterocycles. The molecule has 1 atom stereocenters. The number of H-pyrrole nitrogens is 1. The first-order chi connectivity index (χ1) is 16.0. The van der Waals surface area contributed by atoms with Crippen molar-refractivity contribution in [1.29, 1.82) is 0 Å². The summed E-state index contributed by atoms with van der Waals surface area (Å²) in [6.07, 6.45) is 5.32. The van der Waals surface area contributed by atoms with Crippen LogP contribution in [-0.2, 0) is 10.5 Å². The van der Waals surface area contributed by atoms with Gasteiger partial charge in [0, 0.05) is 18.1 Å². The van der Waals surface area contributed by atoms with E-state index in [1.165, 1.54) is 24.9 Å². The fraction of sp³-hybridized carbons (Fsp3) is 0.208. The minimum absolute atomic E-state index is 0.0766. The first-order valence-electron chi connectivity index (χ1n) is 10.0. The maximum Gasteiger partial charge on any atom is 0.257 e. The van der Waals surface area contributed by atoms with E-state index in [1.54, 1.807) is 36.4 Å². The van der Waals surface area contributed by atoms with E-state index in [4.69, 9.17) is 15.9 Å². The summed E-state index contributed by atoms with van der Waals surface area (Å²) < 4.78 is 24.8. The van der Waals surface area contributed by atoms with Crippen molar-refractivity contribution in [2.24, 2.45) is 0 Å². The van der Waals surface area contributed by atoms with Crippen LogP contribution in [0.1, 0.15) is 29.0 Å². The van der Waals surface area contributed by atoms with Gasteiger partial charge in [0.25, 0.3) is 5.56 Å². The van der Waals surface area contributed by atoms with Crippen LogP contribution in [0.25, 0.3) is 0 Å². The van der Waals surface area contributed by atoms with E-state index in [-0.39, 0.29) is 41.9 Å². The molecule has 2 aromatic carbocycles. The van der Waals surface area contributed by atoms with Crippen LogP contribution in [0.3, 0.4) is 0 Å². The second-order valence-corrected chi connectivity index (χ2v) is 8.19. The van der Waals surface area contributed by atoms with Crippen LogP contribution in [-0.4, -0.2) is 29.6 Å². The highest BCUT2D eigenvalue weighted by molar-refractivity contribution is 7.98. The average Bonchev–Trinajstić information content (AvgIpc) is 2.81. The number of thioether (sulfide) groups is 1. The Balaban J connectivity index is 1.65. The number of carbonyl (C=O) groups is 1. The van der Waals surface area contributed by atoms with Crippen molar-refractivity contribution in [3.05, 3.63) is 75.3 Å². The van der Waals surface area contributed by atoms with Crippen LogP contribution >= 0.6 is 11.8 Å². The third-order valence-corrected chi connectivity index (χ3v) is 6.07. The van der Waals surface area contributed by atoms with E-state index >= 15 is 0 Å². The maximum absolute atomic E-state index is 13.9. The number of fused-ring (bicyclic) bond motifs is 1. The van der Waals surface area contributed by atoms with Gasteiger partial charge in [-0.3, -0.25) is 9.59 Å². The molecule has 3 aromatic rings. The summed E-state index contributed by atoms with van der Waals surface area (Å²) in [5.74, 6) is 2.66. The number of benzene rings is 2. The first-order valence-corrected chi connectivity index (χ1v) is 11.0. The monoisotopic (exact) mass is 465 g/mol. The molecule has 0 unspecified atom stereocenters. The Hall–Kier alpha value is -3.77. The van der Waals surface area contributed by atoms with Gasteiger partial charge in [0.15, 0.2) is 16.7 Å². The van der Waals surface area contributed by atoms with Crippen molar-refractivity contribution in [2.45, 2.75) is 23.2 Å². The van der Waals surface area contributed by atoms with E-state index in [0.717, 1.165) is 0 Å². The summed E-state index contributed by atoms with van der Waals surface area (Å²) >= 11 is 1.18. The Bertz CT molecular complexity index is 1300. The van der Waals surface area contributed by atoms with Gasteiger partial charge in [-0.05, 0) is 29.3 Å². The number of nitrogens with zero attached hydrogens (tertiary/aromatic N) is 1. The zero-order valence-corrected chi connectivity index (χ0v) is 18.5. The molecule has 1 amide bonds. The molecule has 0 aliphatic carbocycles. The number of hydrogen-bond donors (Lipinski definition) is 2. The molecule has 0 spiro atoms. The summed E-state index contributed by atoms with van der Waals surface area (Å²) in [7, 11) is 1.50. The molecule has 0 fully saturated rings. The summed E-state index contributed by atoms with van der Waals surface area (Å²) in [5.41, 5.74) is 1.18. The van der Waals surface area contributed by atoms with Gasteiger partial charge in [0.1, 0.15) is 18.2 Å². The number of rotatable bonds is 7. The fourth-order valence-corrected chi connectivity index (χ4v) is 4.45. The largest absolute Gasteiger partial charge is 0.493 e. The number of methoxy groups -OCH3 is 1. The Kier molecular flexibility index (Phi) is 6.66. The fourth-order valence-electron chi connectivity index (χ4n) is 3.60. The van der Waals surface area contributed by atoms with Crippen molar-refractivity contribution >= 4 is 23.5 Å². The van der Waals surface area contributed by atoms with E-state index in [9.17, 15) is 14.0 Å². The smallest absolute Gasteiger partial charge is 0.257 e. The first kappa shape index (κ1) is 22.4. The van der Waals surface area contributed by atoms with E-state index in [1.807, 2.05) is 0 Å². The molecule has 0 radical (unpaired) electrons. The summed E-state index contributed by atoms with van der Waals surface area (Å²) in [5, 5.41) is 2.97. The second-order valence-electron chi connectivity index (χ2n) is 7.22. The number of carbonyl (C=O) groups excluding carboxylic acids is 1. The molecule has 168 valence electrons. The average molecular weight is 466 g/mol. The molecule has 1 aliphatic heterocycles. The Labute approximate surface area is 193 Å². The third kappa shape index (κ3) is 4.86. The molecule has 1 aromatic heterocycles. The number of halogens is 1. The summed E-state index contributed by atoms with van der Waals surface area (Å²) in [4.78, 5) is 32.6. The Morgan fingerprint density at radius 3 is 2.82 bits per heavy atom. The summed E-state index contributed by atoms with van der Waals surface area (Å²) in [6, 6.07) is 11.6. The topological polar surface area (TPSA) is 93.3 Å². The molecule has 0 saturated heterocycles. The van der Waals surface area contributed by atoms with Gasteiger partial charge < -0.3 is 19.8 Å². The normalized spacial score (nSPS) is 14.7. The van der Waals surface area contributed by atoms with Gasteiger partial charge in [0.2, 0.25) is 5.91 Å².